The molecule has 0 saturated carbocycles. The summed E-state index contributed by atoms with van der Waals surface area (Å²) in [5.41, 5.74) is 2.55. The topological polar surface area (TPSA) is 52.2 Å². The van der Waals surface area contributed by atoms with Crippen LogP contribution in [0.2, 0.25) is 0 Å². The van der Waals surface area contributed by atoms with Crippen LogP contribution in [0.25, 0.3) is 6.08 Å². The third-order valence-electron chi connectivity index (χ3n) is 3.90. The number of likely N-dealkylation sites (N-methyl/N-ethyl adjacent to an activating group) is 1. The molecule has 0 unspecified atom stereocenters. The highest BCUT2D eigenvalue weighted by molar-refractivity contribution is 5.49. The molecule has 0 atom stereocenters. The van der Waals surface area contributed by atoms with Crippen molar-refractivity contribution in [3.05, 3.63) is 33.5 Å². The number of aromatic nitrogens is 2. The van der Waals surface area contributed by atoms with E-state index in [1.807, 2.05) is 6.08 Å². The summed E-state index contributed by atoms with van der Waals surface area (Å²) >= 11 is 0. The first kappa shape index (κ1) is 12.6. The molecule has 0 bridgehead atoms. The predicted molar refractivity (Wildman–Crippen MR) is 75.0 cm³/mol. The Morgan fingerprint density at radius 3 is 2.89 bits per heavy atom. The maximum atomic E-state index is 12.0. The van der Waals surface area contributed by atoms with Crippen LogP contribution in [0, 0.1) is 0 Å². The minimum atomic E-state index is -0.0204. The summed E-state index contributed by atoms with van der Waals surface area (Å²) in [7, 11) is 2.13. The van der Waals surface area contributed by atoms with Crippen LogP contribution >= 0.6 is 0 Å². The van der Waals surface area contributed by atoms with Crippen LogP contribution in [0.4, 0.5) is 0 Å². The number of fused-ring (bicyclic) bond motifs is 1. The minimum absolute atomic E-state index is 0.0204. The van der Waals surface area contributed by atoms with E-state index in [-0.39, 0.29) is 5.56 Å². The second-order valence-corrected chi connectivity index (χ2v) is 5.40. The first-order valence-corrected chi connectivity index (χ1v) is 6.92. The van der Waals surface area contributed by atoms with Gasteiger partial charge in [-0.05, 0) is 26.0 Å². The zero-order valence-corrected chi connectivity index (χ0v) is 11.4. The summed E-state index contributed by atoms with van der Waals surface area (Å²) in [6, 6.07) is 0. The van der Waals surface area contributed by atoms with Gasteiger partial charge in [-0.15, -0.1) is 0 Å². The zero-order chi connectivity index (χ0) is 13.2. The van der Waals surface area contributed by atoms with Gasteiger partial charge >= 0.3 is 0 Å². The Kier molecular flexibility index (Phi) is 3.48. The van der Waals surface area contributed by atoms with Gasteiger partial charge in [-0.1, -0.05) is 6.08 Å². The van der Waals surface area contributed by atoms with Crippen LogP contribution < -0.4 is 5.56 Å². The molecule has 1 N–H and O–H groups in total. The van der Waals surface area contributed by atoms with Crippen molar-refractivity contribution in [3.8, 4) is 0 Å². The number of hydrogen-bond acceptors (Lipinski definition) is 4. The van der Waals surface area contributed by atoms with E-state index in [9.17, 15) is 4.79 Å². The molecular weight excluding hydrogens is 240 g/mol. The summed E-state index contributed by atoms with van der Waals surface area (Å²) in [5, 5.41) is 0. The van der Waals surface area contributed by atoms with E-state index in [1.165, 1.54) is 0 Å². The van der Waals surface area contributed by atoms with Crippen molar-refractivity contribution in [1.82, 2.24) is 19.8 Å². The van der Waals surface area contributed by atoms with Crippen LogP contribution in [-0.2, 0) is 13.0 Å². The Morgan fingerprint density at radius 2 is 2.11 bits per heavy atom. The summed E-state index contributed by atoms with van der Waals surface area (Å²) in [6.45, 7) is 4.78. The van der Waals surface area contributed by atoms with E-state index in [4.69, 9.17) is 0 Å². The fourth-order valence-electron chi connectivity index (χ4n) is 2.61. The fraction of sp³-hybridized carbons (Fsp3) is 0.571. The average Bonchev–Trinajstić information content (AvgIpc) is 2.42. The Labute approximate surface area is 113 Å². The highest BCUT2D eigenvalue weighted by Crippen LogP contribution is 2.14. The lowest BCUT2D eigenvalue weighted by molar-refractivity contribution is 0.146. The highest BCUT2D eigenvalue weighted by atomic mass is 16.1. The Hall–Kier alpha value is -1.46. The van der Waals surface area contributed by atoms with Crippen LogP contribution in [0.1, 0.15) is 23.5 Å². The fourth-order valence-corrected chi connectivity index (χ4v) is 2.61. The maximum absolute atomic E-state index is 12.0. The molecule has 0 amide bonds. The van der Waals surface area contributed by atoms with Crippen molar-refractivity contribution >= 4 is 6.08 Å². The summed E-state index contributed by atoms with van der Waals surface area (Å²) < 4.78 is 0. The molecule has 5 nitrogen and oxygen atoms in total. The van der Waals surface area contributed by atoms with E-state index in [2.05, 4.69) is 32.9 Å². The molecule has 102 valence electrons. The van der Waals surface area contributed by atoms with Gasteiger partial charge in [-0.2, -0.15) is 0 Å². The van der Waals surface area contributed by atoms with Crippen molar-refractivity contribution in [2.45, 2.75) is 19.4 Å². The number of piperazine rings is 1. The number of nitrogens with one attached hydrogen (secondary N) is 1. The molecule has 1 saturated heterocycles. The summed E-state index contributed by atoms with van der Waals surface area (Å²) in [5.74, 6) is 0. The number of allylic oxidation sites excluding steroid dienone is 1. The summed E-state index contributed by atoms with van der Waals surface area (Å²) in [6.07, 6.45) is 6.01. The van der Waals surface area contributed by atoms with Crippen LogP contribution in [0.3, 0.4) is 0 Å². The summed E-state index contributed by atoms with van der Waals surface area (Å²) in [4.78, 5) is 24.2. The van der Waals surface area contributed by atoms with E-state index in [1.54, 1.807) is 0 Å². The van der Waals surface area contributed by atoms with Gasteiger partial charge in [0.15, 0.2) is 0 Å². The Morgan fingerprint density at radius 1 is 1.32 bits per heavy atom. The molecule has 19 heavy (non-hydrogen) atoms. The van der Waals surface area contributed by atoms with Crippen molar-refractivity contribution in [1.29, 1.82) is 0 Å². The van der Waals surface area contributed by atoms with Crippen LogP contribution in [-0.4, -0.2) is 53.0 Å². The lowest BCUT2D eigenvalue weighted by Gasteiger charge is -2.31. The predicted octanol–water partition coefficient (Wildman–Crippen LogP) is 0.477. The number of aryl methyl sites for hydroxylation is 1. The SMILES string of the molecule is CN1CCN(Cc2nc3c([nH]c2=O)CCC=C3)CC1. The zero-order valence-electron chi connectivity index (χ0n) is 11.4. The first-order valence-electron chi connectivity index (χ1n) is 6.92. The molecule has 0 aromatic carbocycles. The number of nitrogens with zero attached hydrogens (tertiary/aromatic N) is 3. The van der Waals surface area contributed by atoms with Gasteiger partial charge < -0.3 is 9.88 Å². The molecule has 1 aliphatic heterocycles. The molecular formula is C14H20N4O. The van der Waals surface area contributed by atoms with Crippen molar-refractivity contribution < 1.29 is 0 Å². The quantitative estimate of drug-likeness (QED) is 0.840. The molecule has 0 spiro atoms. The van der Waals surface area contributed by atoms with E-state index in [0.29, 0.717) is 12.2 Å². The lowest BCUT2D eigenvalue weighted by atomic mass is 10.1. The number of aromatic amines is 1. The Bertz CT molecular complexity index is 541. The van der Waals surface area contributed by atoms with Gasteiger partial charge in [0, 0.05) is 38.4 Å². The first-order chi connectivity index (χ1) is 9.22. The molecule has 1 aliphatic carbocycles. The molecule has 2 aliphatic rings. The van der Waals surface area contributed by atoms with Gasteiger partial charge in [0.2, 0.25) is 0 Å². The molecule has 1 aromatic heterocycles. The standard InChI is InChI=1S/C14H20N4O/c1-17-6-8-18(9-7-17)10-13-14(19)16-12-5-3-2-4-11(12)15-13/h2,4H,3,5-10H2,1H3,(H,16,19). The molecule has 1 aromatic rings. The number of hydrogen-bond donors (Lipinski definition) is 1. The van der Waals surface area contributed by atoms with Crippen molar-refractivity contribution in [2.75, 3.05) is 33.2 Å². The van der Waals surface area contributed by atoms with Crippen LogP contribution in [0.15, 0.2) is 10.9 Å². The molecule has 0 radical (unpaired) electrons. The monoisotopic (exact) mass is 260 g/mol. The van der Waals surface area contributed by atoms with Gasteiger partial charge in [0.25, 0.3) is 5.56 Å². The van der Waals surface area contributed by atoms with Gasteiger partial charge in [0.1, 0.15) is 5.69 Å². The normalized spacial score (nSPS) is 20.5. The third kappa shape index (κ3) is 2.77. The van der Waals surface area contributed by atoms with Gasteiger partial charge in [-0.3, -0.25) is 9.69 Å². The highest BCUT2D eigenvalue weighted by Gasteiger charge is 2.17. The van der Waals surface area contributed by atoms with Crippen molar-refractivity contribution in [3.63, 3.8) is 0 Å². The molecule has 3 rings (SSSR count). The maximum Gasteiger partial charge on any atom is 0.271 e. The van der Waals surface area contributed by atoms with Crippen molar-refractivity contribution in [2.24, 2.45) is 0 Å². The van der Waals surface area contributed by atoms with E-state index in [0.717, 1.165) is 50.4 Å². The molecule has 2 heterocycles. The van der Waals surface area contributed by atoms with Crippen LogP contribution in [0.5, 0.6) is 0 Å². The second-order valence-electron chi connectivity index (χ2n) is 5.40. The molecule has 1 fully saturated rings. The lowest BCUT2D eigenvalue weighted by Crippen LogP contribution is -2.44. The smallest absolute Gasteiger partial charge is 0.271 e. The third-order valence-corrected chi connectivity index (χ3v) is 3.90. The van der Waals surface area contributed by atoms with Gasteiger partial charge in [0.05, 0.1) is 5.69 Å². The van der Waals surface area contributed by atoms with E-state index < -0.39 is 0 Å². The van der Waals surface area contributed by atoms with Gasteiger partial charge in [-0.25, -0.2) is 4.98 Å². The number of rotatable bonds is 2. The number of H-pyrrole nitrogens is 1. The molecule has 5 heteroatoms. The second kappa shape index (κ2) is 5.27. The largest absolute Gasteiger partial charge is 0.322 e. The average molecular weight is 260 g/mol. The van der Waals surface area contributed by atoms with E-state index >= 15 is 0 Å². The Balaban J connectivity index is 1.78. The minimum Gasteiger partial charge on any atom is -0.322 e.